The normalized spacial score (nSPS) is 9.58. The largest absolute Gasteiger partial charge is 0.469 e. The van der Waals surface area contributed by atoms with Crippen LogP contribution in [0.2, 0.25) is 0 Å². The lowest BCUT2D eigenvalue weighted by atomic mass is 10.1. The highest BCUT2D eigenvalue weighted by Crippen LogP contribution is 2.06. The Morgan fingerprint density at radius 1 is 1.04 bits per heavy atom. The zero-order valence-electron chi connectivity index (χ0n) is 14.7. The Morgan fingerprint density at radius 2 is 1.81 bits per heavy atom. The summed E-state index contributed by atoms with van der Waals surface area (Å²) in [5.74, 6) is 5.72. The van der Waals surface area contributed by atoms with Gasteiger partial charge in [-0.25, -0.2) is 4.79 Å². The highest BCUT2D eigenvalue weighted by Gasteiger charge is 2.03. The lowest BCUT2D eigenvalue weighted by Gasteiger charge is -2.05. The molecule has 134 valence electrons. The number of hydrogen-bond donors (Lipinski definition) is 1. The number of esters is 1. The molecule has 1 N–H and O–H groups in total. The molecule has 2 rings (SSSR count). The van der Waals surface area contributed by atoms with Crippen molar-refractivity contribution in [3.05, 3.63) is 71.3 Å². The summed E-state index contributed by atoms with van der Waals surface area (Å²) in [5.41, 5.74) is 2.61. The van der Waals surface area contributed by atoms with Gasteiger partial charge in [0.2, 0.25) is 0 Å². The number of rotatable bonds is 6. The second-order valence-electron chi connectivity index (χ2n) is 5.49. The minimum Gasteiger partial charge on any atom is -0.469 e. The van der Waals surface area contributed by atoms with Gasteiger partial charge in [-0.3, -0.25) is 4.79 Å². The number of alkyl carbamates (subject to hydrolysis) is 1. The Balaban J connectivity index is 1.70. The maximum atomic E-state index is 11.6. The first-order chi connectivity index (χ1) is 12.7. The molecular formula is C21H21NO4. The third kappa shape index (κ3) is 7.10. The van der Waals surface area contributed by atoms with Crippen LogP contribution >= 0.6 is 0 Å². The van der Waals surface area contributed by atoms with E-state index in [1.807, 2.05) is 54.6 Å². The molecule has 0 aromatic heterocycles. The zero-order chi connectivity index (χ0) is 18.6. The first-order valence-electron chi connectivity index (χ1n) is 8.26. The van der Waals surface area contributed by atoms with Gasteiger partial charge in [0.05, 0.1) is 13.5 Å². The minimum atomic E-state index is -0.462. The van der Waals surface area contributed by atoms with Crippen LogP contribution in [0.1, 0.15) is 23.1 Å². The predicted octanol–water partition coefficient (Wildman–Crippen LogP) is 3.07. The molecule has 1 amide bonds. The quantitative estimate of drug-likeness (QED) is 0.493. The van der Waals surface area contributed by atoms with Gasteiger partial charge in [-0.2, -0.15) is 0 Å². The van der Waals surface area contributed by atoms with Gasteiger partial charge in [0.15, 0.2) is 0 Å². The Morgan fingerprint density at radius 3 is 2.58 bits per heavy atom. The van der Waals surface area contributed by atoms with Gasteiger partial charge in [0.1, 0.15) is 6.61 Å². The first-order valence-corrected chi connectivity index (χ1v) is 8.26. The minimum absolute atomic E-state index is 0.223. The predicted molar refractivity (Wildman–Crippen MR) is 98.3 cm³/mol. The van der Waals surface area contributed by atoms with Crippen molar-refractivity contribution in [2.45, 2.75) is 19.4 Å². The van der Waals surface area contributed by atoms with Crippen LogP contribution in [0.3, 0.4) is 0 Å². The van der Waals surface area contributed by atoms with Crippen molar-refractivity contribution >= 4 is 12.1 Å². The Labute approximate surface area is 153 Å². The molecule has 5 nitrogen and oxygen atoms in total. The van der Waals surface area contributed by atoms with Crippen LogP contribution < -0.4 is 5.32 Å². The van der Waals surface area contributed by atoms with Crippen LogP contribution in [0, 0.1) is 11.8 Å². The monoisotopic (exact) mass is 351 g/mol. The van der Waals surface area contributed by atoms with E-state index < -0.39 is 6.09 Å². The van der Waals surface area contributed by atoms with E-state index in [9.17, 15) is 9.59 Å². The van der Waals surface area contributed by atoms with Crippen molar-refractivity contribution in [2.24, 2.45) is 0 Å². The van der Waals surface area contributed by atoms with E-state index in [1.165, 1.54) is 7.11 Å². The maximum absolute atomic E-state index is 11.6. The summed E-state index contributed by atoms with van der Waals surface area (Å²) in [6, 6.07) is 16.9. The van der Waals surface area contributed by atoms with E-state index in [2.05, 4.69) is 21.9 Å². The third-order valence-corrected chi connectivity index (χ3v) is 3.47. The van der Waals surface area contributed by atoms with Gasteiger partial charge in [0.25, 0.3) is 0 Å². The van der Waals surface area contributed by atoms with Crippen LogP contribution in [0.4, 0.5) is 4.79 Å². The number of carbonyl (C=O) groups excluding carboxylic acids is 2. The molecule has 0 bridgehead atoms. The van der Waals surface area contributed by atoms with Gasteiger partial charge >= 0.3 is 12.1 Å². The highest BCUT2D eigenvalue weighted by atomic mass is 16.5. The van der Waals surface area contributed by atoms with Crippen LogP contribution in [0.15, 0.2) is 54.6 Å². The number of amides is 1. The topological polar surface area (TPSA) is 64.6 Å². The van der Waals surface area contributed by atoms with Crippen molar-refractivity contribution in [1.82, 2.24) is 5.32 Å². The van der Waals surface area contributed by atoms with Crippen LogP contribution in [0.5, 0.6) is 0 Å². The van der Waals surface area contributed by atoms with Crippen molar-refractivity contribution in [2.75, 3.05) is 13.7 Å². The fourth-order valence-corrected chi connectivity index (χ4v) is 2.16. The number of hydrogen-bond acceptors (Lipinski definition) is 4. The molecule has 0 spiro atoms. The molecule has 0 saturated heterocycles. The van der Waals surface area contributed by atoms with Gasteiger partial charge in [-0.15, -0.1) is 0 Å². The molecule has 2 aromatic rings. The molecule has 5 heteroatoms. The lowest BCUT2D eigenvalue weighted by molar-refractivity contribution is -0.139. The molecule has 0 aliphatic carbocycles. The van der Waals surface area contributed by atoms with Gasteiger partial charge < -0.3 is 14.8 Å². The third-order valence-electron chi connectivity index (χ3n) is 3.47. The molecule has 0 aliphatic rings. The summed E-state index contributed by atoms with van der Waals surface area (Å²) >= 11 is 0. The summed E-state index contributed by atoms with van der Waals surface area (Å²) < 4.78 is 9.76. The lowest BCUT2D eigenvalue weighted by Crippen LogP contribution is -2.24. The molecule has 0 radical (unpaired) electrons. The average molecular weight is 351 g/mol. The standard InChI is InChI=1S/C21H21NO4/c1-25-20(23)15-19-12-7-11-17(14-19)8-5-6-13-22-21(24)26-16-18-9-3-2-4-10-18/h2-4,7,9-12,14H,6,13,15-16H2,1H3,(H,22,24). The number of methoxy groups -OCH3 is 1. The highest BCUT2D eigenvalue weighted by molar-refractivity contribution is 5.72. The van der Waals surface area contributed by atoms with E-state index in [-0.39, 0.29) is 19.0 Å². The first kappa shape index (κ1) is 19.1. The fourth-order valence-electron chi connectivity index (χ4n) is 2.16. The molecule has 0 aliphatic heterocycles. The van der Waals surface area contributed by atoms with Crippen molar-refractivity contribution < 1.29 is 19.1 Å². The van der Waals surface area contributed by atoms with Crippen molar-refractivity contribution in [1.29, 1.82) is 0 Å². The van der Waals surface area contributed by atoms with Crippen molar-refractivity contribution in [3.63, 3.8) is 0 Å². The van der Waals surface area contributed by atoms with Crippen LogP contribution in [-0.4, -0.2) is 25.7 Å². The molecular weight excluding hydrogens is 330 g/mol. The fraction of sp³-hybridized carbons (Fsp3) is 0.238. The van der Waals surface area contributed by atoms with Crippen LogP contribution in [-0.2, 0) is 27.3 Å². The number of benzene rings is 2. The zero-order valence-corrected chi connectivity index (χ0v) is 14.7. The number of carbonyl (C=O) groups is 2. The molecule has 0 unspecified atom stereocenters. The van der Waals surface area contributed by atoms with E-state index in [1.54, 1.807) is 0 Å². The summed E-state index contributed by atoms with van der Waals surface area (Å²) in [4.78, 5) is 22.9. The summed E-state index contributed by atoms with van der Waals surface area (Å²) in [7, 11) is 1.36. The second kappa shape index (κ2) is 10.6. The smallest absolute Gasteiger partial charge is 0.407 e. The SMILES string of the molecule is COC(=O)Cc1cccc(C#CCCNC(=O)OCc2ccccc2)c1. The van der Waals surface area contributed by atoms with E-state index in [0.29, 0.717) is 13.0 Å². The molecule has 26 heavy (non-hydrogen) atoms. The molecule has 0 saturated carbocycles. The average Bonchev–Trinajstić information content (AvgIpc) is 2.67. The molecule has 0 heterocycles. The Kier molecular flexibility index (Phi) is 7.75. The van der Waals surface area contributed by atoms with E-state index >= 15 is 0 Å². The van der Waals surface area contributed by atoms with Gasteiger partial charge in [-0.05, 0) is 23.3 Å². The second-order valence-corrected chi connectivity index (χ2v) is 5.49. The number of ether oxygens (including phenoxy) is 2. The summed E-state index contributed by atoms with van der Waals surface area (Å²) in [6.45, 7) is 0.647. The summed E-state index contributed by atoms with van der Waals surface area (Å²) in [6.07, 6.45) is 0.262. The molecule has 2 aromatic carbocycles. The maximum Gasteiger partial charge on any atom is 0.407 e. The van der Waals surface area contributed by atoms with Crippen molar-refractivity contribution in [3.8, 4) is 11.8 Å². The molecule has 0 atom stereocenters. The van der Waals surface area contributed by atoms with Gasteiger partial charge in [0, 0.05) is 18.5 Å². The Hall–Kier alpha value is -3.26. The number of nitrogens with one attached hydrogen (secondary N) is 1. The van der Waals surface area contributed by atoms with Crippen LogP contribution in [0.25, 0.3) is 0 Å². The van der Waals surface area contributed by atoms with Gasteiger partial charge in [-0.1, -0.05) is 54.3 Å². The van der Waals surface area contributed by atoms with E-state index in [4.69, 9.17) is 4.74 Å². The Bertz CT molecular complexity index is 790. The van der Waals surface area contributed by atoms with E-state index in [0.717, 1.165) is 16.7 Å². The summed E-state index contributed by atoms with van der Waals surface area (Å²) in [5, 5.41) is 2.66. The molecule has 0 fully saturated rings.